The van der Waals surface area contributed by atoms with Crippen LogP contribution in [0.25, 0.3) is 0 Å². The standard InChI is InChI=1S/C18H25N5OS/c24-18(22-8-1-2-9-22)19-6-3-16-12-21(11-15-5-10-25-14-15)13-17-4-7-20-23(16)17/h4-5,7,10,14,16H,1-3,6,8-9,11-13H2,(H,19,24)/t16-/m0/s1. The van der Waals surface area contributed by atoms with Gasteiger partial charge in [-0.05, 0) is 47.7 Å². The fourth-order valence-electron chi connectivity index (χ4n) is 3.82. The highest BCUT2D eigenvalue weighted by Crippen LogP contribution is 2.24. The zero-order valence-electron chi connectivity index (χ0n) is 14.4. The maximum atomic E-state index is 12.1. The minimum absolute atomic E-state index is 0.0872. The van der Waals surface area contributed by atoms with E-state index in [2.05, 4.69) is 42.9 Å². The van der Waals surface area contributed by atoms with E-state index < -0.39 is 0 Å². The third kappa shape index (κ3) is 3.88. The number of carbonyl (C=O) groups is 1. The van der Waals surface area contributed by atoms with E-state index in [4.69, 9.17) is 0 Å². The van der Waals surface area contributed by atoms with Crippen molar-refractivity contribution in [3.63, 3.8) is 0 Å². The van der Waals surface area contributed by atoms with Crippen molar-refractivity contribution in [1.82, 2.24) is 24.9 Å². The first-order chi connectivity index (χ1) is 12.3. The van der Waals surface area contributed by atoms with Crippen LogP contribution in [0.2, 0.25) is 0 Å². The van der Waals surface area contributed by atoms with Crippen molar-refractivity contribution in [2.45, 2.75) is 38.4 Å². The summed E-state index contributed by atoms with van der Waals surface area (Å²) in [4.78, 5) is 16.5. The lowest BCUT2D eigenvalue weighted by molar-refractivity contribution is 0.160. The second-order valence-electron chi connectivity index (χ2n) is 6.94. The van der Waals surface area contributed by atoms with Crippen LogP contribution in [0.15, 0.2) is 29.1 Å². The molecule has 1 N–H and O–H groups in total. The number of rotatable bonds is 5. The Balaban J connectivity index is 1.34. The topological polar surface area (TPSA) is 53.4 Å². The maximum absolute atomic E-state index is 12.1. The fourth-order valence-corrected chi connectivity index (χ4v) is 4.48. The van der Waals surface area contributed by atoms with Gasteiger partial charge in [-0.15, -0.1) is 0 Å². The average Bonchev–Trinajstić information content (AvgIpc) is 3.36. The summed E-state index contributed by atoms with van der Waals surface area (Å²) in [5.41, 5.74) is 2.64. The molecule has 2 aliphatic heterocycles. The number of fused-ring (bicyclic) bond motifs is 1. The van der Waals surface area contributed by atoms with Gasteiger partial charge in [0.1, 0.15) is 0 Å². The molecule has 0 aromatic carbocycles. The summed E-state index contributed by atoms with van der Waals surface area (Å²) in [6.07, 6.45) is 5.06. The summed E-state index contributed by atoms with van der Waals surface area (Å²) in [5.74, 6) is 0. The Bertz CT molecular complexity index is 692. The monoisotopic (exact) mass is 359 g/mol. The molecule has 1 saturated heterocycles. The zero-order chi connectivity index (χ0) is 17.1. The van der Waals surface area contributed by atoms with Crippen LogP contribution >= 0.6 is 11.3 Å². The van der Waals surface area contributed by atoms with Gasteiger partial charge in [-0.3, -0.25) is 9.58 Å². The average molecular weight is 359 g/mol. The molecule has 4 rings (SSSR count). The summed E-state index contributed by atoms with van der Waals surface area (Å²) in [5, 5.41) is 12.0. The lowest BCUT2D eigenvalue weighted by atomic mass is 10.1. The van der Waals surface area contributed by atoms with E-state index in [0.717, 1.165) is 52.0 Å². The number of thiophene rings is 1. The Morgan fingerprint density at radius 3 is 3.00 bits per heavy atom. The molecule has 1 fully saturated rings. The van der Waals surface area contributed by atoms with Gasteiger partial charge in [0.2, 0.25) is 0 Å². The van der Waals surface area contributed by atoms with Crippen molar-refractivity contribution in [2.75, 3.05) is 26.2 Å². The Morgan fingerprint density at radius 2 is 2.20 bits per heavy atom. The second kappa shape index (κ2) is 7.58. The molecule has 0 aliphatic carbocycles. The Hall–Kier alpha value is -1.86. The molecule has 2 aromatic rings. The summed E-state index contributed by atoms with van der Waals surface area (Å²) >= 11 is 1.75. The van der Waals surface area contributed by atoms with Gasteiger partial charge >= 0.3 is 6.03 Å². The van der Waals surface area contributed by atoms with Crippen molar-refractivity contribution in [1.29, 1.82) is 0 Å². The van der Waals surface area contributed by atoms with E-state index in [-0.39, 0.29) is 6.03 Å². The normalized spacial score (nSPS) is 20.6. The van der Waals surface area contributed by atoms with Crippen LogP contribution in [-0.4, -0.2) is 51.8 Å². The number of amides is 2. The number of hydrogen-bond acceptors (Lipinski definition) is 4. The first-order valence-corrected chi connectivity index (χ1v) is 10.0. The molecule has 2 aromatic heterocycles. The first-order valence-electron chi connectivity index (χ1n) is 9.08. The number of nitrogens with zero attached hydrogens (tertiary/aromatic N) is 4. The lowest BCUT2D eigenvalue weighted by Gasteiger charge is -2.34. The molecule has 0 radical (unpaired) electrons. The Labute approximate surface area is 152 Å². The van der Waals surface area contributed by atoms with Gasteiger partial charge in [0.05, 0.1) is 11.7 Å². The third-order valence-corrected chi connectivity index (χ3v) is 5.82. The number of aromatic nitrogens is 2. The Morgan fingerprint density at radius 1 is 1.32 bits per heavy atom. The van der Waals surface area contributed by atoms with Gasteiger partial charge in [-0.1, -0.05) is 0 Å². The smallest absolute Gasteiger partial charge is 0.317 e. The number of hydrogen-bond donors (Lipinski definition) is 1. The SMILES string of the molecule is O=C(NCC[C@H]1CN(Cc2ccsc2)Cc2ccnn21)N1CCCC1. The van der Waals surface area contributed by atoms with E-state index in [1.807, 2.05) is 11.1 Å². The predicted octanol–water partition coefficient (Wildman–Crippen LogP) is 2.70. The molecule has 7 heteroatoms. The van der Waals surface area contributed by atoms with Crippen LogP contribution < -0.4 is 5.32 Å². The zero-order valence-corrected chi connectivity index (χ0v) is 15.2. The van der Waals surface area contributed by atoms with Crippen LogP contribution in [0, 0.1) is 0 Å². The van der Waals surface area contributed by atoms with Crippen molar-refractivity contribution in [3.8, 4) is 0 Å². The van der Waals surface area contributed by atoms with E-state index in [1.54, 1.807) is 11.3 Å². The van der Waals surface area contributed by atoms with Gasteiger partial charge in [-0.25, -0.2) is 4.79 Å². The molecule has 4 heterocycles. The molecule has 0 bridgehead atoms. The molecule has 134 valence electrons. The maximum Gasteiger partial charge on any atom is 0.317 e. The highest BCUT2D eigenvalue weighted by Gasteiger charge is 2.26. The second-order valence-corrected chi connectivity index (χ2v) is 7.72. The van der Waals surface area contributed by atoms with Gasteiger partial charge in [0.25, 0.3) is 0 Å². The van der Waals surface area contributed by atoms with Crippen LogP contribution in [-0.2, 0) is 13.1 Å². The lowest BCUT2D eigenvalue weighted by Crippen LogP contribution is -2.41. The summed E-state index contributed by atoms with van der Waals surface area (Å²) in [7, 11) is 0. The van der Waals surface area contributed by atoms with Gasteiger partial charge in [0, 0.05) is 45.5 Å². The molecule has 0 saturated carbocycles. The highest BCUT2D eigenvalue weighted by molar-refractivity contribution is 7.07. The number of urea groups is 1. The molecule has 25 heavy (non-hydrogen) atoms. The summed E-state index contributed by atoms with van der Waals surface area (Å²) in [6, 6.07) is 4.71. The molecule has 2 aliphatic rings. The highest BCUT2D eigenvalue weighted by atomic mass is 32.1. The predicted molar refractivity (Wildman–Crippen MR) is 98.5 cm³/mol. The minimum atomic E-state index is 0.0872. The summed E-state index contributed by atoms with van der Waals surface area (Å²) in [6.45, 7) is 5.38. The third-order valence-electron chi connectivity index (χ3n) is 5.09. The first kappa shape index (κ1) is 16.6. The number of carbonyl (C=O) groups excluding carboxylic acids is 1. The molecule has 0 unspecified atom stereocenters. The molecule has 0 spiro atoms. The van der Waals surface area contributed by atoms with Crippen LogP contribution in [0.4, 0.5) is 4.79 Å². The van der Waals surface area contributed by atoms with Gasteiger partial charge in [-0.2, -0.15) is 16.4 Å². The quantitative estimate of drug-likeness (QED) is 0.893. The van der Waals surface area contributed by atoms with Crippen molar-refractivity contribution in [3.05, 3.63) is 40.3 Å². The van der Waals surface area contributed by atoms with E-state index >= 15 is 0 Å². The van der Waals surface area contributed by atoms with E-state index in [0.29, 0.717) is 12.6 Å². The van der Waals surface area contributed by atoms with Crippen molar-refractivity contribution >= 4 is 17.4 Å². The van der Waals surface area contributed by atoms with Crippen LogP contribution in [0.3, 0.4) is 0 Å². The largest absolute Gasteiger partial charge is 0.338 e. The van der Waals surface area contributed by atoms with Crippen molar-refractivity contribution < 1.29 is 4.79 Å². The van der Waals surface area contributed by atoms with E-state index in [9.17, 15) is 4.79 Å². The van der Waals surface area contributed by atoms with Gasteiger partial charge < -0.3 is 10.2 Å². The summed E-state index contributed by atoms with van der Waals surface area (Å²) < 4.78 is 2.14. The fraction of sp³-hybridized carbons (Fsp3) is 0.556. The number of nitrogens with one attached hydrogen (secondary N) is 1. The van der Waals surface area contributed by atoms with Gasteiger partial charge in [0.15, 0.2) is 0 Å². The van der Waals surface area contributed by atoms with E-state index in [1.165, 1.54) is 11.3 Å². The molecular weight excluding hydrogens is 334 g/mol. The molecule has 2 amide bonds. The van der Waals surface area contributed by atoms with Crippen LogP contribution in [0.1, 0.15) is 36.6 Å². The molecule has 6 nitrogen and oxygen atoms in total. The molecular formula is C18H25N5OS. The van der Waals surface area contributed by atoms with Crippen molar-refractivity contribution in [2.24, 2.45) is 0 Å². The minimum Gasteiger partial charge on any atom is -0.338 e. The molecule has 1 atom stereocenters. The Kier molecular flexibility index (Phi) is 5.03. The number of likely N-dealkylation sites (tertiary alicyclic amines) is 1. The van der Waals surface area contributed by atoms with Crippen LogP contribution in [0.5, 0.6) is 0 Å².